The smallest absolute Gasteiger partial charge is 0.273 e. The van der Waals surface area contributed by atoms with Crippen LogP contribution in [0.2, 0.25) is 0 Å². The molecule has 0 fully saturated rings. The molecular formula is C11H12N4O3. The average molecular weight is 248 g/mol. The monoisotopic (exact) mass is 248 g/mol. The van der Waals surface area contributed by atoms with Crippen molar-refractivity contribution in [2.75, 3.05) is 0 Å². The highest BCUT2D eigenvalue weighted by Crippen LogP contribution is 2.17. The molecule has 1 heterocycles. The van der Waals surface area contributed by atoms with Crippen LogP contribution in [0.3, 0.4) is 0 Å². The standard InChI is InChI=1S/C11H12N4O3/c1-8-13-11(14-18-8)7-12-6-9-4-2-3-5-10(9)15(16)17/h2-5,12H,6-7H2,1H3. The molecule has 2 rings (SSSR count). The largest absolute Gasteiger partial charge is 0.340 e. The molecule has 94 valence electrons. The lowest BCUT2D eigenvalue weighted by Gasteiger charge is -2.03. The Hall–Kier alpha value is -2.28. The number of aryl methyl sites for hydroxylation is 1. The first kappa shape index (κ1) is 12.2. The molecule has 0 saturated carbocycles. The lowest BCUT2D eigenvalue weighted by Crippen LogP contribution is -2.14. The van der Waals surface area contributed by atoms with Crippen LogP contribution in [-0.2, 0) is 13.1 Å². The molecule has 0 atom stereocenters. The normalized spacial score (nSPS) is 10.5. The molecule has 7 heteroatoms. The van der Waals surface area contributed by atoms with Crippen molar-refractivity contribution < 1.29 is 9.45 Å². The van der Waals surface area contributed by atoms with Crippen molar-refractivity contribution in [3.05, 3.63) is 51.7 Å². The summed E-state index contributed by atoms with van der Waals surface area (Å²) in [5.74, 6) is 1.03. The average Bonchev–Trinajstić information content (AvgIpc) is 2.75. The zero-order valence-electron chi connectivity index (χ0n) is 9.79. The van der Waals surface area contributed by atoms with Gasteiger partial charge in [0.1, 0.15) is 0 Å². The van der Waals surface area contributed by atoms with E-state index in [-0.39, 0.29) is 5.69 Å². The number of nitro benzene ring substituents is 1. The highest BCUT2D eigenvalue weighted by Gasteiger charge is 2.11. The van der Waals surface area contributed by atoms with Gasteiger partial charge in [0.2, 0.25) is 5.89 Å². The molecule has 0 amide bonds. The third kappa shape index (κ3) is 2.89. The van der Waals surface area contributed by atoms with Crippen molar-refractivity contribution in [3.8, 4) is 0 Å². The fourth-order valence-corrected chi connectivity index (χ4v) is 1.56. The summed E-state index contributed by atoms with van der Waals surface area (Å²) < 4.78 is 4.82. The first-order valence-corrected chi connectivity index (χ1v) is 5.39. The molecule has 18 heavy (non-hydrogen) atoms. The molecule has 0 aliphatic carbocycles. The maximum atomic E-state index is 10.8. The minimum atomic E-state index is -0.393. The van der Waals surface area contributed by atoms with Crippen molar-refractivity contribution in [2.24, 2.45) is 0 Å². The lowest BCUT2D eigenvalue weighted by atomic mass is 10.2. The van der Waals surface area contributed by atoms with E-state index in [1.165, 1.54) is 6.07 Å². The number of hydrogen-bond acceptors (Lipinski definition) is 6. The molecule has 0 bridgehead atoms. The van der Waals surface area contributed by atoms with Crippen molar-refractivity contribution in [2.45, 2.75) is 20.0 Å². The van der Waals surface area contributed by atoms with Crippen molar-refractivity contribution in [1.82, 2.24) is 15.5 Å². The molecule has 1 N–H and O–H groups in total. The van der Waals surface area contributed by atoms with E-state index < -0.39 is 4.92 Å². The Labute approximate surface area is 103 Å². The predicted octanol–water partition coefficient (Wildman–Crippen LogP) is 1.58. The second kappa shape index (κ2) is 5.37. The number of benzene rings is 1. The number of para-hydroxylation sites is 1. The highest BCUT2D eigenvalue weighted by molar-refractivity contribution is 5.39. The summed E-state index contributed by atoms with van der Waals surface area (Å²) in [5, 5.41) is 17.6. The van der Waals surface area contributed by atoms with Crippen molar-refractivity contribution in [1.29, 1.82) is 0 Å². The van der Waals surface area contributed by atoms with Gasteiger partial charge in [0.05, 0.1) is 11.5 Å². The quantitative estimate of drug-likeness (QED) is 0.637. The van der Waals surface area contributed by atoms with Crippen LogP contribution >= 0.6 is 0 Å². The second-order valence-electron chi connectivity index (χ2n) is 3.72. The van der Waals surface area contributed by atoms with E-state index in [1.807, 2.05) is 0 Å². The van der Waals surface area contributed by atoms with Gasteiger partial charge in [-0.1, -0.05) is 23.4 Å². The molecule has 0 aliphatic rings. The van der Waals surface area contributed by atoms with E-state index in [4.69, 9.17) is 4.52 Å². The van der Waals surface area contributed by atoms with E-state index in [9.17, 15) is 10.1 Å². The minimum Gasteiger partial charge on any atom is -0.340 e. The fourth-order valence-electron chi connectivity index (χ4n) is 1.56. The molecule has 1 aromatic heterocycles. The summed E-state index contributed by atoms with van der Waals surface area (Å²) in [6.45, 7) is 2.49. The summed E-state index contributed by atoms with van der Waals surface area (Å²) in [4.78, 5) is 14.4. The first-order chi connectivity index (χ1) is 8.66. The van der Waals surface area contributed by atoms with Gasteiger partial charge >= 0.3 is 0 Å². The molecule has 1 aromatic carbocycles. The second-order valence-corrected chi connectivity index (χ2v) is 3.72. The SMILES string of the molecule is Cc1nc(CNCc2ccccc2[N+](=O)[O-])no1. The van der Waals surface area contributed by atoms with Gasteiger partial charge in [-0.15, -0.1) is 0 Å². The van der Waals surface area contributed by atoms with Crippen molar-refractivity contribution in [3.63, 3.8) is 0 Å². The number of nitro groups is 1. The molecule has 2 aromatic rings. The Morgan fingerprint density at radius 2 is 2.17 bits per heavy atom. The van der Waals surface area contributed by atoms with E-state index >= 15 is 0 Å². The van der Waals surface area contributed by atoms with Crippen LogP contribution in [0.5, 0.6) is 0 Å². The molecule has 0 spiro atoms. The Morgan fingerprint density at radius 3 is 2.83 bits per heavy atom. The molecule has 0 radical (unpaired) electrons. The Balaban J connectivity index is 1.96. The van der Waals surface area contributed by atoms with Gasteiger partial charge in [-0.25, -0.2) is 0 Å². The zero-order valence-corrected chi connectivity index (χ0v) is 9.79. The summed E-state index contributed by atoms with van der Waals surface area (Å²) in [5.41, 5.74) is 0.733. The summed E-state index contributed by atoms with van der Waals surface area (Å²) >= 11 is 0. The Morgan fingerprint density at radius 1 is 1.39 bits per heavy atom. The van der Waals surface area contributed by atoms with E-state index in [2.05, 4.69) is 15.5 Å². The maximum absolute atomic E-state index is 10.8. The van der Waals surface area contributed by atoms with Gasteiger partial charge in [-0.2, -0.15) is 4.98 Å². The van der Waals surface area contributed by atoms with Crippen LogP contribution in [0, 0.1) is 17.0 Å². The van der Waals surface area contributed by atoms with Gasteiger partial charge in [-0.3, -0.25) is 10.1 Å². The first-order valence-electron chi connectivity index (χ1n) is 5.39. The van der Waals surface area contributed by atoms with Crippen molar-refractivity contribution >= 4 is 5.69 Å². The molecular weight excluding hydrogens is 236 g/mol. The van der Waals surface area contributed by atoms with Crippen LogP contribution in [-0.4, -0.2) is 15.1 Å². The third-order valence-corrected chi connectivity index (χ3v) is 2.36. The van der Waals surface area contributed by atoms with E-state index in [1.54, 1.807) is 25.1 Å². The fraction of sp³-hybridized carbons (Fsp3) is 0.273. The third-order valence-electron chi connectivity index (χ3n) is 2.36. The summed E-state index contributed by atoms with van der Waals surface area (Å²) in [6, 6.07) is 6.61. The van der Waals surface area contributed by atoms with Crippen LogP contribution < -0.4 is 5.32 Å². The zero-order chi connectivity index (χ0) is 13.0. The topological polar surface area (TPSA) is 94.1 Å². The molecule has 7 nitrogen and oxygen atoms in total. The number of aromatic nitrogens is 2. The van der Waals surface area contributed by atoms with Gasteiger partial charge in [0.15, 0.2) is 5.82 Å². The summed E-state index contributed by atoms with van der Waals surface area (Å²) in [7, 11) is 0. The van der Waals surface area contributed by atoms with Crippen LogP contribution in [0.1, 0.15) is 17.3 Å². The Bertz CT molecular complexity index is 553. The van der Waals surface area contributed by atoms with Crippen LogP contribution in [0.15, 0.2) is 28.8 Å². The number of hydrogen-bond donors (Lipinski definition) is 1. The highest BCUT2D eigenvalue weighted by atomic mass is 16.6. The number of nitrogens with one attached hydrogen (secondary N) is 1. The molecule has 0 aliphatic heterocycles. The Kier molecular flexibility index (Phi) is 3.63. The summed E-state index contributed by atoms with van der Waals surface area (Å²) in [6.07, 6.45) is 0. The van der Waals surface area contributed by atoms with Gasteiger partial charge < -0.3 is 9.84 Å². The van der Waals surface area contributed by atoms with Crippen LogP contribution in [0.4, 0.5) is 5.69 Å². The van der Waals surface area contributed by atoms with E-state index in [0.29, 0.717) is 30.4 Å². The number of nitrogens with zero attached hydrogens (tertiary/aromatic N) is 3. The van der Waals surface area contributed by atoms with Gasteiger partial charge in [0.25, 0.3) is 5.69 Å². The number of rotatable bonds is 5. The van der Waals surface area contributed by atoms with Crippen LogP contribution in [0.25, 0.3) is 0 Å². The van der Waals surface area contributed by atoms with Gasteiger partial charge in [-0.05, 0) is 0 Å². The lowest BCUT2D eigenvalue weighted by molar-refractivity contribution is -0.385. The van der Waals surface area contributed by atoms with Gasteiger partial charge in [0, 0.05) is 25.1 Å². The van der Waals surface area contributed by atoms with E-state index in [0.717, 1.165) is 0 Å². The molecule has 0 unspecified atom stereocenters. The minimum absolute atomic E-state index is 0.106. The molecule has 0 saturated heterocycles. The maximum Gasteiger partial charge on any atom is 0.273 e. The predicted molar refractivity (Wildman–Crippen MR) is 62.7 cm³/mol.